The van der Waals surface area contributed by atoms with Crippen molar-refractivity contribution in [2.45, 2.75) is 5.92 Å². The molecule has 1 heterocycles. The van der Waals surface area contributed by atoms with Gasteiger partial charge in [-0.25, -0.2) is 25.4 Å². The zero-order valence-corrected chi connectivity index (χ0v) is 19.0. The minimum absolute atomic E-state index is 0.0931. The van der Waals surface area contributed by atoms with Gasteiger partial charge in [0.15, 0.2) is 17.1 Å². The third-order valence-electron chi connectivity index (χ3n) is 5.12. The number of ketones is 2. The van der Waals surface area contributed by atoms with Crippen molar-refractivity contribution in [2.24, 2.45) is 0 Å². The lowest BCUT2D eigenvalue weighted by molar-refractivity contribution is -0.996. The van der Waals surface area contributed by atoms with Crippen molar-refractivity contribution in [3.05, 3.63) is 68.1 Å². The van der Waals surface area contributed by atoms with Gasteiger partial charge in [-0.15, -0.1) is 0 Å². The van der Waals surface area contributed by atoms with E-state index in [2.05, 4.69) is 14.7 Å². The van der Waals surface area contributed by atoms with Gasteiger partial charge in [0.1, 0.15) is 17.3 Å². The first-order chi connectivity index (χ1) is 17.8. The Morgan fingerprint density at radius 1 is 0.947 bits per heavy atom. The summed E-state index contributed by atoms with van der Waals surface area (Å²) >= 11 is 0. The lowest BCUT2D eigenvalue weighted by atomic mass is 9.94. The molecular formula is C20H18N6O12. The summed E-state index contributed by atoms with van der Waals surface area (Å²) in [7, 11) is 0.802. The molecule has 0 radical (unpaired) electrons. The number of rotatable bonds is 9. The topological polar surface area (TPSA) is 278 Å². The number of aromatic nitrogens is 2. The molecule has 1 aromatic heterocycles. The van der Waals surface area contributed by atoms with Crippen molar-refractivity contribution in [3.8, 4) is 0 Å². The van der Waals surface area contributed by atoms with Gasteiger partial charge in [-0.3, -0.25) is 19.2 Å². The molecule has 3 aromatic rings. The molecule has 0 saturated carbocycles. The number of quaternary nitrogens is 3. The van der Waals surface area contributed by atoms with E-state index in [0.29, 0.717) is 6.07 Å². The first kappa shape index (κ1) is 28.1. The number of Topliss-reactive ketones (excluding diaryl/α,β-unsaturated/α-hetero) is 2. The van der Waals surface area contributed by atoms with E-state index < -0.39 is 73.4 Å². The van der Waals surface area contributed by atoms with Crippen LogP contribution in [0.1, 0.15) is 11.6 Å². The normalized spacial score (nSPS) is 14.3. The number of nitrogens with zero attached hydrogens (tertiary/aromatic N) is 1. The van der Waals surface area contributed by atoms with Gasteiger partial charge in [-0.1, -0.05) is 0 Å². The maximum Gasteiger partial charge on any atom is 0.375 e. The SMILES string of the molecule is COC(=O)C(=O)C(C(=O)C(=O)Nc1ccc([NH+]([O-])O)cc1[NH+]([O-])O)c1nc2ccc([NH+]([O-])O)cc2[nH]c1=O. The Morgan fingerprint density at radius 2 is 1.55 bits per heavy atom. The smallest absolute Gasteiger partial charge is 0.375 e. The molecule has 0 aliphatic rings. The summed E-state index contributed by atoms with van der Waals surface area (Å²) < 4.78 is 4.31. The molecule has 3 rings (SSSR count). The van der Waals surface area contributed by atoms with E-state index in [1.54, 1.807) is 0 Å². The van der Waals surface area contributed by atoms with Crippen LogP contribution in [0.25, 0.3) is 11.0 Å². The Kier molecular flexibility index (Phi) is 8.32. The van der Waals surface area contributed by atoms with Gasteiger partial charge >= 0.3 is 5.97 Å². The Hall–Kier alpha value is -4.50. The number of aromatic amines is 1. The molecule has 4 atom stereocenters. The van der Waals surface area contributed by atoms with Crippen LogP contribution in [0.15, 0.2) is 41.2 Å². The number of carbonyl (C=O) groups excluding carboxylic acids is 4. The third kappa shape index (κ3) is 5.73. The molecule has 0 bridgehead atoms. The lowest BCUT2D eigenvalue weighted by Crippen LogP contribution is -3.00. The molecule has 8 N–H and O–H groups in total. The predicted molar refractivity (Wildman–Crippen MR) is 120 cm³/mol. The average Bonchev–Trinajstić information content (AvgIpc) is 2.87. The molecule has 1 amide bonds. The molecule has 0 aliphatic carbocycles. The minimum Gasteiger partial charge on any atom is -0.595 e. The van der Waals surface area contributed by atoms with E-state index in [4.69, 9.17) is 10.4 Å². The number of H-pyrrole nitrogens is 1. The molecule has 0 aliphatic heterocycles. The van der Waals surface area contributed by atoms with E-state index in [-0.39, 0.29) is 16.7 Å². The zero-order valence-electron chi connectivity index (χ0n) is 19.0. The molecule has 4 unspecified atom stereocenters. The quantitative estimate of drug-likeness (QED) is 0.0566. The number of benzene rings is 2. The van der Waals surface area contributed by atoms with E-state index in [0.717, 1.165) is 37.4 Å². The van der Waals surface area contributed by atoms with Gasteiger partial charge in [-0.05, 0) is 12.1 Å². The van der Waals surface area contributed by atoms with Crippen molar-refractivity contribution >= 4 is 57.2 Å². The average molecular weight is 534 g/mol. The fourth-order valence-electron chi connectivity index (χ4n) is 3.29. The summed E-state index contributed by atoms with van der Waals surface area (Å²) in [6.45, 7) is 0. The van der Waals surface area contributed by atoms with Crippen LogP contribution in [0.2, 0.25) is 0 Å². The van der Waals surface area contributed by atoms with E-state index in [1.165, 1.54) is 0 Å². The van der Waals surface area contributed by atoms with Crippen LogP contribution in [0.5, 0.6) is 0 Å². The van der Waals surface area contributed by atoms with Gasteiger partial charge < -0.3 is 30.7 Å². The summed E-state index contributed by atoms with van der Waals surface area (Å²) in [5.74, 6) is -9.01. The van der Waals surface area contributed by atoms with Crippen molar-refractivity contribution in [1.29, 1.82) is 0 Å². The zero-order chi connectivity index (χ0) is 28.3. The molecule has 0 spiro atoms. The fraction of sp³-hybridized carbons (Fsp3) is 0.100. The van der Waals surface area contributed by atoms with Gasteiger partial charge in [0.05, 0.1) is 24.2 Å². The maximum absolute atomic E-state index is 13.0. The Labute approximate surface area is 209 Å². The van der Waals surface area contributed by atoms with E-state index in [1.807, 2.05) is 5.32 Å². The molecule has 200 valence electrons. The van der Waals surface area contributed by atoms with Crippen LogP contribution < -0.4 is 26.6 Å². The lowest BCUT2D eigenvalue weighted by Gasteiger charge is -2.19. The summed E-state index contributed by atoms with van der Waals surface area (Å²) in [6.07, 6.45) is 0. The van der Waals surface area contributed by atoms with Crippen molar-refractivity contribution < 1.29 is 55.2 Å². The number of amides is 1. The Morgan fingerprint density at radius 3 is 2.13 bits per heavy atom. The van der Waals surface area contributed by atoms with Crippen molar-refractivity contribution in [1.82, 2.24) is 9.97 Å². The molecule has 38 heavy (non-hydrogen) atoms. The highest BCUT2D eigenvalue weighted by atomic mass is 16.8. The number of methoxy groups -OCH3 is 1. The van der Waals surface area contributed by atoms with Gasteiger partial charge in [-0.2, -0.15) is 15.7 Å². The number of hydrogen-bond acceptors (Lipinski definition) is 13. The van der Waals surface area contributed by atoms with Crippen LogP contribution in [-0.2, 0) is 23.9 Å². The number of nitrogens with one attached hydrogen (secondary N) is 5. The van der Waals surface area contributed by atoms with Crippen LogP contribution in [0.4, 0.5) is 22.7 Å². The highest BCUT2D eigenvalue weighted by Gasteiger charge is 2.41. The van der Waals surface area contributed by atoms with Crippen molar-refractivity contribution in [2.75, 3.05) is 12.4 Å². The number of ether oxygens (including phenoxy) is 1. The van der Waals surface area contributed by atoms with Gasteiger partial charge in [0.25, 0.3) is 17.2 Å². The molecular weight excluding hydrogens is 516 g/mol. The summed E-state index contributed by atoms with van der Waals surface area (Å²) in [5, 5.41) is 58.8. The van der Waals surface area contributed by atoms with E-state index in [9.17, 15) is 44.8 Å². The molecule has 18 heteroatoms. The number of hydrogen-bond donors (Lipinski definition) is 8. The first-order valence-corrected chi connectivity index (χ1v) is 10.2. The van der Waals surface area contributed by atoms with Crippen LogP contribution in [0.3, 0.4) is 0 Å². The van der Waals surface area contributed by atoms with Gasteiger partial charge in [0, 0.05) is 18.2 Å². The number of fused-ring (bicyclic) bond motifs is 1. The monoisotopic (exact) mass is 534 g/mol. The maximum atomic E-state index is 13.0. The highest BCUT2D eigenvalue weighted by molar-refractivity contribution is 6.52. The standard InChI is InChI=1S/C20H18N6O12/c1-38-20(31)17(28)14(15-18(29)23-12-6-8(24(32)33)2-4-10(12)21-15)16(27)19(30)22-11-5-3-9(25(34)35)7-13(11)26(36)37/h2-7,14,24-26,32,34,36H,1H3,(H,22,30)(H,23,29). The second kappa shape index (κ2) is 11.3. The minimum atomic E-state index is -2.43. The third-order valence-corrected chi connectivity index (χ3v) is 5.12. The highest BCUT2D eigenvalue weighted by Crippen LogP contribution is 2.23. The van der Waals surface area contributed by atoms with Gasteiger partial charge in [0.2, 0.25) is 5.78 Å². The van der Waals surface area contributed by atoms with Crippen LogP contribution in [-0.4, -0.2) is 56.1 Å². The Bertz CT molecular complexity index is 1490. The molecule has 0 saturated heterocycles. The molecule has 0 fully saturated rings. The second-order valence-corrected chi connectivity index (χ2v) is 7.47. The van der Waals surface area contributed by atoms with Crippen LogP contribution in [0, 0.1) is 15.6 Å². The number of esters is 1. The van der Waals surface area contributed by atoms with Crippen molar-refractivity contribution in [3.63, 3.8) is 0 Å². The summed E-state index contributed by atoms with van der Waals surface area (Å²) in [5.41, 5.74) is -4.19. The molecule has 18 nitrogen and oxygen atoms in total. The second-order valence-electron chi connectivity index (χ2n) is 7.47. The first-order valence-electron chi connectivity index (χ1n) is 10.2. The van der Waals surface area contributed by atoms with E-state index >= 15 is 0 Å². The van der Waals surface area contributed by atoms with Crippen LogP contribution >= 0.6 is 0 Å². The fourth-order valence-corrected chi connectivity index (χ4v) is 3.29. The summed E-state index contributed by atoms with van der Waals surface area (Å²) in [4.78, 5) is 69.3. The number of anilines is 1. The Balaban J connectivity index is 2.06. The predicted octanol–water partition coefficient (Wildman–Crippen LogP) is -3.83. The summed E-state index contributed by atoms with van der Waals surface area (Å²) in [6, 6.07) is 5.84. The largest absolute Gasteiger partial charge is 0.595 e. The number of carbonyl (C=O) groups is 4. The molecule has 2 aromatic carbocycles.